The second-order valence-corrected chi connectivity index (χ2v) is 36.5. The Hall–Kier alpha value is -0.820. The first-order valence-electron chi connectivity index (χ1n) is 32.3. The van der Waals surface area contributed by atoms with Crippen LogP contribution < -0.4 is 54.6 Å². The number of H-pyrrole nitrogens is 1. The molecule has 0 radical (unpaired) electrons. The zero-order chi connectivity index (χ0) is 71.3. The summed E-state index contributed by atoms with van der Waals surface area (Å²) in [6, 6.07) is -0.896. The minimum absolute atomic E-state index is 0.0154. The number of hydrogen-bond acceptors (Lipinski definition) is 35. The van der Waals surface area contributed by atoms with Crippen LogP contribution in [0.25, 0.3) is 0 Å². The molecule has 1 amide bonds. The van der Waals surface area contributed by atoms with E-state index in [1.807, 2.05) is 6.92 Å². The first-order valence-corrected chi connectivity index (χ1v) is 42.6. The number of nitrogens with zero attached hydrogens (tertiary/aromatic N) is 3. The number of aryl methyl sites for hydroxylation is 1. The van der Waals surface area contributed by atoms with Crippen molar-refractivity contribution in [2.24, 2.45) is 40.1 Å². The van der Waals surface area contributed by atoms with Crippen molar-refractivity contribution in [2.45, 2.75) is 156 Å². The quantitative estimate of drug-likeness (QED) is 0.0225. The second-order valence-electron chi connectivity index (χ2n) is 25.2. The monoisotopic (exact) mass is 1570 g/mol. The zero-order valence-corrected chi connectivity index (χ0v) is 62.3. The zero-order valence-electron chi connectivity index (χ0n) is 55.4. The number of ether oxygens (including phenoxy) is 10. The number of methoxy groups -OCH3 is 3. The lowest BCUT2D eigenvalue weighted by molar-refractivity contribution is -0.185. The van der Waals surface area contributed by atoms with E-state index in [-0.39, 0.29) is 107 Å². The molecule has 1 aromatic heterocycles. The number of fused-ring (bicyclic) bond motifs is 2. The Labute approximate surface area is 592 Å². The lowest BCUT2D eigenvalue weighted by Crippen LogP contribution is -2.66. The molecule has 10 rings (SSSR count). The Balaban J connectivity index is 0.914. The van der Waals surface area contributed by atoms with Gasteiger partial charge in [0.15, 0.2) is 12.6 Å². The van der Waals surface area contributed by atoms with E-state index in [1.165, 1.54) is 39.3 Å². The molecule has 0 aromatic carbocycles. The molecule has 29 atom stereocenters. The van der Waals surface area contributed by atoms with Crippen molar-refractivity contribution >= 4 is 86.2 Å². The number of hydrogen-bond donors (Lipinski definition) is 14. The number of nitrogens with two attached hydrogens (primary N) is 2. The topological polar surface area (TPSA) is 479 Å². The lowest BCUT2D eigenvalue weighted by Gasteiger charge is -2.38. The number of aliphatic hydroxyl groups is 1. The van der Waals surface area contributed by atoms with Gasteiger partial charge in [-0.05, 0) is 66.0 Å². The summed E-state index contributed by atoms with van der Waals surface area (Å²) in [5.74, 6) is -0.980. The smallest absolute Gasteiger partial charge is 0.330 e. The predicted octanol–water partition coefficient (Wildman–Crippen LogP) is -4.53. The SMILES string of the molecule is COCCOC1[C@@H](C2C=NC3C(N)NCNC32)O[C@H](COP(O)(=S)O[C@@H]2C(OCCOC)[C@H](n3cc(C)c(=O)[nH]c3=O)O[C@@H]2COP(O)(=S)OC)[C@@H]1OP(O)(=S)OC[C@H]1O[C@H](N2CCC(=O)NC2O)C(OCCOC)[C@H]1OP(O)(=S)OC[C@H]1O[C@H](C2CNC3C(N)NCNC32)C(C)[C@H]1C. The molecule has 99 heavy (non-hydrogen) atoms. The number of rotatable bonds is 35. The maximum Gasteiger partial charge on any atom is 0.330 e. The number of aliphatic imine (C=N–C) groups is 1. The van der Waals surface area contributed by atoms with Gasteiger partial charge in [0, 0.05) is 103 Å². The molecule has 8 fully saturated rings. The van der Waals surface area contributed by atoms with Crippen molar-refractivity contribution in [3.8, 4) is 0 Å². The van der Waals surface area contributed by atoms with Gasteiger partial charge in [-0.2, -0.15) is 0 Å². The molecule has 0 bridgehead atoms. The molecule has 46 heteroatoms. The Morgan fingerprint density at radius 3 is 1.69 bits per heavy atom. The van der Waals surface area contributed by atoms with Crippen LogP contribution in [0.1, 0.15) is 32.1 Å². The highest BCUT2D eigenvalue weighted by molar-refractivity contribution is 8.08. The summed E-state index contributed by atoms with van der Waals surface area (Å²) in [4.78, 5) is 94.5. The third-order valence-corrected chi connectivity index (χ3v) is 25.5. The molecular formula is C53H94N12O26P4S4. The Kier molecular flexibility index (Phi) is 28.9. The fourth-order valence-electron chi connectivity index (χ4n) is 13.9. The van der Waals surface area contributed by atoms with Crippen LogP contribution in [0.5, 0.6) is 0 Å². The van der Waals surface area contributed by atoms with Gasteiger partial charge in [-0.1, -0.05) is 13.8 Å². The van der Waals surface area contributed by atoms with Gasteiger partial charge in [0.25, 0.3) is 5.56 Å². The van der Waals surface area contributed by atoms with Crippen molar-refractivity contribution in [3.63, 3.8) is 0 Å². The highest BCUT2D eigenvalue weighted by Gasteiger charge is 2.59. The van der Waals surface area contributed by atoms with Crippen LogP contribution in [0.3, 0.4) is 0 Å². The minimum atomic E-state index is -4.67. The lowest BCUT2D eigenvalue weighted by atomic mass is 9.81. The van der Waals surface area contributed by atoms with Crippen LogP contribution in [0.4, 0.5) is 0 Å². The van der Waals surface area contributed by atoms with Crippen LogP contribution in [0.15, 0.2) is 20.8 Å². The maximum absolute atomic E-state index is 13.4. The van der Waals surface area contributed by atoms with Crippen molar-refractivity contribution in [2.75, 3.05) is 121 Å². The molecular weight excluding hydrogens is 1470 g/mol. The van der Waals surface area contributed by atoms with Gasteiger partial charge >= 0.3 is 32.6 Å². The largest absolute Gasteiger partial charge is 0.382 e. The van der Waals surface area contributed by atoms with E-state index in [0.717, 1.165) is 11.7 Å². The first-order chi connectivity index (χ1) is 47.1. The number of carbonyl (C=O) groups excluding carboxylic acids is 1. The average molecular weight is 1570 g/mol. The fourth-order valence-corrected chi connectivity index (χ4v) is 18.8. The summed E-state index contributed by atoms with van der Waals surface area (Å²) in [5, 5.41) is 30.7. The fraction of sp³-hybridized carbons (Fsp3) is 0.887. The van der Waals surface area contributed by atoms with E-state index in [1.54, 1.807) is 6.21 Å². The first kappa shape index (κ1) is 80.7. The Morgan fingerprint density at radius 1 is 0.606 bits per heavy atom. The standard InChI is InChI=1S/C53H94N12O26P4S4/c1-25-18-65(53(69)63-49(25)67)51-46(80-15-12-76-6)43(32(88-51)21-81-92(70,96)77-7)91-95(73,99)83-20-31-41(44(78-13-10-74-4)40(86-31)29-17-57-38-36(29)59-24-61-48(38)55)89-94(72,98)84-22-33-42(45(79-14-11-75-5)50(87-33)64-9-8-34(66)62-52(64)68)90-93(71,97)82-19-30-26(2)27(3)39(85-30)28-16-56-37-35(28)58-23-60-47(37)54/h17-18,26-33,35-48,50-52,56,58-61,68H,8-16,19-24,54-55H2,1-7H3,(H,62,66)(H,70,96)(H,71,97)(H,72,98)(H,73,99)(H,63,67,69)/t26-,27?,28?,29?,30-,31-,32-,33-,35?,36?,37?,38?,39+,40-,41+,42+,43+,44?,45?,46?,47?,48?,50+,51-,52?,92?,93?,94?,95?/m1/s1. The predicted molar refractivity (Wildman–Crippen MR) is 363 cm³/mol. The summed E-state index contributed by atoms with van der Waals surface area (Å²) in [6.45, 7) is -12.7. The molecule has 566 valence electrons. The third kappa shape index (κ3) is 19.7. The van der Waals surface area contributed by atoms with Crippen molar-refractivity contribution < 1.29 is 113 Å². The van der Waals surface area contributed by atoms with Gasteiger partial charge in [0.1, 0.15) is 61.2 Å². The summed E-state index contributed by atoms with van der Waals surface area (Å²) >= 11 is 22.5. The number of amides is 1. The Morgan fingerprint density at radius 2 is 1.11 bits per heavy atom. The number of carbonyl (C=O) groups is 1. The molecule has 38 nitrogen and oxygen atoms in total. The molecule has 9 aliphatic heterocycles. The molecule has 0 spiro atoms. The van der Waals surface area contributed by atoms with Crippen molar-refractivity contribution in [1.82, 2.24) is 46.4 Å². The summed E-state index contributed by atoms with van der Waals surface area (Å²) < 4.78 is 111. The molecule has 16 N–H and O–H groups in total. The summed E-state index contributed by atoms with van der Waals surface area (Å²) in [5.41, 5.74) is 11.5. The average Bonchev–Trinajstić information content (AvgIpc) is 1.63. The van der Waals surface area contributed by atoms with E-state index in [0.29, 0.717) is 19.9 Å². The van der Waals surface area contributed by atoms with Crippen LogP contribution in [0, 0.1) is 30.6 Å². The van der Waals surface area contributed by atoms with E-state index < -0.39 is 174 Å². The van der Waals surface area contributed by atoms with Crippen molar-refractivity contribution in [1.29, 1.82) is 0 Å². The molecule has 8 saturated heterocycles. The third-order valence-electron chi connectivity index (χ3n) is 19.1. The van der Waals surface area contributed by atoms with Gasteiger partial charge in [-0.15, -0.1) is 0 Å². The number of aromatic nitrogens is 2. The summed E-state index contributed by atoms with van der Waals surface area (Å²) in [6.07, 6.45) is -16.2. The van der Waals surface area contributed by atoms with Gasteiger partial charge in [-0.25, -0.2) is 9.69 Å². The normalized spacial score (nSPS) is 40.3. The molecule has 0 saturated carbocycles. The maximum atomic E-state index is 13.4. The van der Waals surface area contributed by atoms with Gasteiger partial charge in [-0.3, -0.25) is 59.0 Å². The van der Waals surface area contributed by atoms with E-state index >= 15 is 0 Å². The van der Waals surface area contributed by atoms with Gasteiger partial charge in [0.2, 0.25) is 5.91 Å². The van der Waals surface area contributed by atoms with E-state index in [4.69, 9.17) is 147 Å². The van der Waals surface area contributed by atoms with Gasteiger partial charge < -0.3 is 117 Å². The molecule has 17 unspecified atom stereocenters. The summed E-state index contributed by atoms with van der Waals surface area (Å²) in [7, 11) is 5.48. The van der Waals surface area contributed by atoms with Gasteiger partial charge in [0.05, 0.1) is 109 Å². The molecule has 0 aliphatic carbocycles. The highest BCUT2D eigenvalue weighted by Crippen LogP contribution is 2.55. The molecule has 9 aliphatic rings. The van der Waals surface area contributed by atoms with E-state index in [2.05, 4.69) is 43.8 Å². The Bertz CT molecular complexity index is 3230. The molecule has 1 aromatic rings. The van der Waals surface area contributed by atoms with E-state index in [9.17, 15) is 39.1 Å². The van der Waals surface area contributed by atoms with Crippen LogP contribution in [-0.2, 0) is 136 Å². The number of nitrogens with one attached hydrogen (secondary N) is 7. The van der Waals surface area contributed by atoms with Crippen LogP contribution in [0.2, 0.25) is 0 Å². The van der Waals surface area contributed by atoms with Crippen molar-refractivity contribution in [3.05, 3.63) is 32.6 Å². The van der Waals surface area contributed by atoms with Crippen LogP contribution in [-0.4, -0.2) is 295 Å². The van der Waals surface area contributed by atoms with Crippen LogP contribution >= 0.6 is 26.9 Å². The number of aliphatic hydroxyl groups excluding tert-OH is 1. The molecule has 10 heterocycles. The number of aromatic amines is 1. The minimum Gasteiger partial charge on any atom is -0.382 e. The highest BCUT2D eigenvalue weighted by atomic mass is 32.5. The second kappa shape index (κ2) is 35.5.